The third-order valence-corrected chi connectivity index (χ3v) is 9.39. The molecule has 0 radical (unpaired) electrons. The van der Waals surface area contributed by atoms with Gasteiger partial charge in [0.15, 0.2) is 12.4 Å². The van der Waals surface area contributed by atoms with Crippen molar-refractivity contribution in [3.63, 3.8) is 0 Å². The number of ether oxygens (including phenoxy) is 4. The number of carboxylic acid groups (broad SMARTS) is 1. The van der Waals surface area contributed by atoms with Crippen molar-refractivity contribution >= 4 is 11.9 Å². The number of allylic oxidation sites excluding steroid dienone is 3. The molecule has 7 unspecified atom stereocenters. The fourth-order valence-electron chi connectivity index (χ4n) is 6.47. The van der Waals surface area contributed by atoms with Crippen LogP contribution in [0.4, 0.5) is 0 Å². The molecule has 2 aliphatic heterocycles. The lowest BCUT2D eigenvalue weighted by molar-refractivity contribution is -0.327. The molecule has 0 spiro atoms. The second-order valence-electron chi connectivity index (χ2n) is 14.6. The van der Waals surface area contributed by atoms with Gasteiger partial charge < -0.3 is 65.1 Å². The van der Waals surface area contributed by atoms with Crippen molar-refractivity contribution < 1.29 is 69.4 Å². The number of hydrogen-bond acceptors (Lipinski definition) is 13. The predicted molar refractivity (Wildman–Crippen MR) is 187 cm³/mol. The molecule has 3 aliphatic rings. The highest BCUT2D eigenvalue weighted by Gasteiger charge is 2.52. The largest absolute Gasteiger partial charge is 0.479 e. The quantitative estimate of drug-likeness (QED) is 0.133. The lowest BCUT2D eigenvalue weighted by atomic mass is 9.73. The Kier molecular flexibility index (Phi) is 20.5. The van der Waals surface area contributed by atoms with Gasteiger partial charge in [-0.15, -0.1) is 0 Å². The van der Waals surface area contributed by atoms with Gasteiger partial charge in [0.25, 0.3) is 0 Å². The molecule has 1 aliphatic carbocycles. The maximum atomic E-state index is 11.5. The number of nitrogens with one attached hydrogen (secondary N) is 1. The molecule has 2 saturated heterocycles. The molecule has 13 atom stereocenters. The van der Waals surface area contributed by atoms with Crippen LogP contribution in [0.25, 0.3) is 0 Å². The fourth-order valence-corrected chi connectivity index (χ4v) is 6.47. The van der Waals surface area contributed by atoms with Crippen LogP contribution in [0, 0.1) is 11.8 Å². The number of rotatable bonds is 11. The van der Waals surface area contributed by atoms with E-state index in [1.807, 2.05) is 6.08 Å². The fraction of sp³-hybridized carbons (Fsp3) is 0.833. The smallest absolute Gasteiger partial charge is 0.335 e. The van der Waals surface area contributed by atoms with E-state index >= 15 is 0 Å². The van der Waals surface area contributed by atoms with Crippen molar-refractivity contribution in [2.75, 3.05) is 20.3 Å². The number of aliphatic hydroxyl groups is 7. The number of carbonyl (C=O) groups is 2. The first kappa shape index (κ1) is 47.0. The lowest BCUT2D eigenvalue weighted by Crippen LogP contribution is -2.67. The summed E-state index contributed by atoms with van der Waals surface area (Å²) in [7, 11) is 1.16. The van der Waals surface area contributed by atoms with E-state index in [0.29, 0.717) is 5.92 Å². The summed E-state index contributed by atoms with van der Waals surface area (Å²) >= 11 is 0. The van der Waals surface area contributed by atoms with Crippen LogP contribution >= 0.6 is 0 Å². The summed E-state index contributed by atoms with van der Waals surface area (Å²) in [6.07, 6.45) is -3.55. The van der Waals surface area contributed by atoms with E-state index < -0.39 is 85.2 Å². The first-order chi connectivity index (χ1) is 23.7. The molecule has 15 nitrogen and oxygen atoms in total. The number of aliphatic hydroxyl groups excluding tert-OH is 6. The average molecular weight is 736 g/mol. The Balaban J connectivity index is 0.000000464. The normalized spacial score (nSPS) is 35.7. The van der Waals surface area contributed by atoms with Crippen LogP contribution in [-0.2, 0) is 28.5 Å². The van der Waals surface area contributed by atoms with Crippen molar-refractivity contribution in [3.05, 3.63) is 23.3 Å². The van der Waals surface area contributed by atoms with Crippen LogP contribution < -0.4 is 5.32 Å². The number of amides is 1. The Hall–Kier alpha value is -2.02. The molecular weight excluding hydrogens is 670 g/mol. The molecular formula is C36H65NO14. The van der Waals surface area contributed by atoms with Gasteiger partial charge in [-0.25, -0.2) is 4.79 Å². The van der Waals surface area contributed by atoms with E-state index in [1.165, 1.54) is 18.1 Å². The zero-order chi connectivity index (χ0) is 39.2. The van der Waals surface area contributed by atoms with Crippen LogP contribution in [0.3, 0.4) is 0 Å². The van der Waals surface area contributed by atoms with E-state index in [9.17, 15) is 45.3 Å². The van der Waals surface area contributed by atoms with E-state index in [2.05, 4.69) is 39.1 Å². The highest BCUT2D eigenvalue weighted by Crippen LogP contribution is 2.35. The Morgan fingerprint density at radius 1 is 0.922 bits per heavy atom. The number of carbonyl (C=O) groups excluding carboxylic acids is 1. The van der Waals surface area contributed by atoms with E-state index in [1.54, 1.807) is 20.8 Å². The highest BCUT2D eigenvalue weighted by molar-refractivity contribution is 5.74. The maximum Gasteiger partial charge on any atom is 0.335 e. The van der Waals surface area contributed by atoms with Gasteiger partial charge in [-0.3, -0.25) is 4.79 Å². The number of aliphatic carboxylic acids is 1. The summed E-state index contributed by atoms with van der Waals surface area (Å²) in [6, 6.07) is -0.897. The zero-order valence-electron chi connectivity index (χ0n) is 31.6. The minimum Gasteiger partial charge on any atom is -0.479 e. The maximum absolute atomic E-state index is 11.5. The summed E-state index contributed by atoms with van der Waals surface area (Å²) in [6.45, 7) is 14.4. The van der Waals surface area contributed by atoms with Crippen molar-refractivity contribution in [1.82, 2.24) is 5.32 Å². The number of carboxylic acids is 1. The van der Waals surface area contributed by atoms with Gasteiger partial charge in [-0.1, -0.05) is 36.6 Å². The molecule has 1 amide bonds. The third kappa shape index (κ3) is 15.1. The van der Waals surface area contributed by atoms with Gasteiger partial charge in [-0.05, 0) is 73.1 Å². The molecule has 51 heavy (non-hydrogen) atoms. The minimum absolute atomic E-state index is 0.0636. The zero-order valence-corrected chi connectivity index (χ0v) is 31.6. The molecule has 0 aromatic rings. The monoisotopic (exact) mass is 735 g/mol. The van der Waals surface area contributed by atoms with Crippen LogP contribution in [0.1, 0.15) is 87.5 Å². The van der Waals surface area contributed by atoms with E-state index in [0.717, 1.165) is 39.2 Å². The minimum atomic E-state index is -1.70. The van der Waals surface area contributed by atoms with Gasteiger partial charge in [0, 0.05) is 20.0 Å². The molecule has 0 bridgehead atoms. The van der Waals surface area contributed by atoms with Crippen molar-refractivity contribution in [3.8, 4) is 0 Å². The summed E-state index contributed by atoms with van der Waals surface area (Å²) in [5, 5.41) is 80.2. The molecule has 15 heteroatoms. The predicted octanol–water partition coefficient (Wildman–Crippen LogP) is 0.789. The van der Waals surface area contributed by atoms with Crippen LogP contribution in [0.5, 0.6) is 0 Å². The number of methoxy groups -OCH3 is 1. The first-order valence-electron chi connectivity index (χ1n) is 17.6. The van der Waals surface area contributed by atoms with Crippen LogP contribution in [0.2, 0.25) is 0 Å². The average Bonchev–Trinajstić information content (AvgIpc) is 3.02. The Morgan fingerprint density at radius 3 is 2.02 bits per heavy atom. The summed E-state index contributed by atoms with van der Waals surface area (Å²) in [5.74, 6) is -1.22. The topological polar surface area (TPSA) is 245 Å². The molecule has 2 heterocycles. The molecule has 1 saturated carbocycles. The van der Waals surface area contributed by atoms with Gasteiger partial charge >= 0.3 is 5.97 Å². The van der Waals surface area contributed by atoms with Crippen LogP contribution in [-0.4, -0.2) is 146 Å². The highest BCUT2D eigenvalue weighted by atomic mass is 16.7. The Bertz CT molecular complexity index is 1110. The third-order valence-electron chi connectivity index (χ3n) is 9.39. The Labute approximate surface area is 302 Å². The standard InChI is InChI=1S/C16H27NO11.C10H20O2.C10H18O/c1-5-8(17-6(2)19)12(9(20)7(4-18)26-5)27-16-11(22)10(21)13(25-3)14(28-16)15(23)24;1-7-4-5-8(9(11)6-7)10(2,3)12;1-9(2)5-4-6-10(3)7-8-11/h5,7-14,16,18,20-22H,4H2,1-3H3,(H,17,19)(H,23,24);7-9,11-12H,4-6H2,1-3H3;5,7,11H,4,6,8H2,1-3H3/b;;10-7+/t5-,7?,8?,9-,10-,11?,12-,13+,14?,16-;;/m1../s1. The van der Waals surface area contributed by atoms with Gasteiger partial charge in [-0.2, -0.15) is 0 Å². The summed E-state index contributed by atoms with van der Waals surface area (Å²) in [5.41, 5.74) is 1.91. The summed E-state index contributed by atoms with van der Waals surface area (Å²) in [4.78, 5) is 23.0. The first-order valence-corrected chi connectivity index (χ1v) is 17.6. The molecule has 3 rings (SSSR count). The molecule has 0 aromatic carbocycles. The van der Waals surface area contributed by atoms with E-state index in [4.69, 9.17) is 24.1 Å². The van der Waals surface area contributed by atoms with Crippen molar-refractivity contribution in [2.45, 2.75) is 160 Å². The van der Waals surface area contributed by atoms with E-state index in [-0.39, 0.29) is 18.6 Å². The van der Waals surface area contributed by atoms with Crippen LogP contribution in [0.15, 0.2) is 23.3 Å². The second kappa shape index (κ2) is 22.3. The second-order valence-corrected chi connectivity index (χ2v) is 14.6. The lowest BCUT2D eigenvalue weighted by Gasteiger charge is -2.47. The van der Waals surface area contributed by atoms with Gasteiger partial charge in [0.2, 0.25) is 5.91 Å². The molecule has 9 N–H and O–H groups in total. The van der Waals surface area contributed by atoms with Gasteiger partial charge in [0.1, 0.15) is 36.6 Å². The molecule has 298 valence electrons. The summed E-state index contributed by atoms with van der Waals surface area (Å²) < 4.78 is 21.2. The molecule has 3 fully saturated rings. The molecule has 0 aromatic heterocycles. The van der Waals surface area contributed by atoms with Crippen molar-refractivity contribution in [2.24, 2.45) is 11.8 Å². The van der Waals surface area contributed by atoms with Gasteiger partial charge in [0.05, 0.1) is 37.1 Å². The Morgan fingerprint density at radius 2 is 1.55 bits per heavy atom. The number of hydrogen-bond donors (Lipinski definition) is 9. The van der Waals surface area contributed by atoms with Crippen molar-refractivity contribution in [1.29, 1.82) is 0 Å². The SMILES string of the molecule is CC(C)=CCC/C(C)=C/CO.CC1CCC(C(C)(C)O)C(O)C1.CO[C@@H]1C(C(=O)O)O[C@@H](O[C@@H]2C(NC(C)=O)[C@@H](C)OC(CO)[C@H]2O)C(O)[C@H]1O.